The molecule has 0 radical (unpaired) electrons. The highest BCUT2D eigenvalue weighted by Gasteiger charge is 2.30. The summed E-state index contributed by atoms with van der Waals surface area (Å²) in [7, 11) is 0. The van der Waals surface area contributed by atoms with Gasteiger partial charge >= 0.3 is 6.18 Å². The van der Waals surface area contributed by atoms with E-state index >= 15 is 0 Å². The predicted molar refractivity (Wildman–Crippen MR) is 86.8 cm³/mol. The number of nitrogens with zero attached hydrogens (tertiary/aromatic N) is 4. The zero-order valence-corrected chi connectivity index (χ0v) is 13.8. The molecule has 2 aromatic carbocycles. The van der Waals surface area contributed by atoms with Crippen LogP contribution in [0, 0.1) is 0 Å². The third kappa shape index (κ3) is 3.99. The van der Waals surface area contributed by atoms with Crippen LogP contribution in [0.4, 0.5) is 13.2 Å². The number of alkyl halides is 3. The van der Waals surface area contributed by atoms with Crippen molar-refractivity contribution in [2.24, 2.45) is 0 Å². The van der Waals surface area contributed by atoms with E-state index in [1.807, 2.05) is 0 Å². The molecule has 0 saturated carbocycles. The van der Waals surface area contributed by atoms with Crippen LogP contribution in [-0.4, -0.2) is 26.1 Å². The second-order valence-electron chi connectivity index (χ2n) is 5.30. The first-order valence-corrected chi connectivity index (χ1v) is 7.69. The molecule has 3 rings (SSSR count). The molecule has 6 nitrogen and oxygen atoms in total. The zero-order chi connectivity index (χ0) is 18.7. The Morgan fingerprint density at radius 1 is 1.19 bits per heavy atom. The van der Waals surface area contributed by atoms with E-state index < -0.39 is 17.6 Å². The minimum absolute atomic E-state index is 0.0791. The quantitative estimate of drug-likeness (QED) is 0.753. The maximum Gasteiger partial charge on any atom is 0.416 e. The summed E-state index contributed by atoms with van der Waals surface area (Å²) in [6.07, 6.45) is -3.13. The first-order valence-electron chi connectivity index (χ1n) is 7.32. The molecule has 0 spiro atoms. The third-order valence-corrected chi connectivity index (χ3v) is 3.74. The van der Waals surface area contributed by atoms with E-state index in [2.05, 4.69) is 20.8 Å². The predicted octanol–water partition coefficient (Wildman–Crippen LogP) is 3.26. The van der Waals surface area contributed by atoms with E-state index in [9.17, 15) is 18.0 Å². The van der Waals surface area contributed by atoms with E-state index in [1.165, 1.54) is 29.2 Å². The molecule has 0 aliphatic carbocycles. The van der Waals surface area contributed by atoms with Gasteiger partial charge in [-0.25, -0.2) is 0 Å². The lowest BCUT2D eigenvalue weighted by molar-refractivity contribution is -0.137. The lowest BCUT2D eigenvalue weighted by atomic mass is 10.1. The van der Waals surface area contributed by atoms with Gasteiger partial charge in [-0.1, -0.05) is 23.7 Å². The Kier molecular flexibility index (Phi) is 4.90. The summed E-state index contributed by atoms with van der Waals surface area (Å²) in [5, 5.41) is 13.6. The standard InChI is InChI=1S/C16H11ClF3N5O/c17-12-4-5-14(25-9-22-23-24-25)13(7-12)15(26)21-8-10-2-1-3-11(6-10)16(18,19)20/h1-7,9H,8H2,(H,21,26). The maximum atomic E-state index is 12.8. The van der Waals surface area contributed by atoms with E-state index in [0.717, 1.165) is 12.1 Å². The molecule has 0 fully saturated rings. The van der Waals surface area contributed by atoms with Gasteiger partial charge in [0.1, 0.15) is 6.33 Å². The topological polar surface area (TPSA) is 72.7 Å². The number of carbonyl (C=O) groups is 1. The molecule has 0 saturated heterocycles. The number of rotatable bonds is 4. The summed E-state index contributed by atoms with van der Waals surface area (Å²) < 4.78 is 39.6. The van der Waals surface area contributed by atoms with E-state index in [4.69, 9.17) is 11.6 Å². The molecule has 0 aliphatic rings. The summed E-state index contributed by atoms with van der Waals surface area (Å²) in [6, 6.07) is 9.31. The summed E-state index contributed by atoms with van der Waals surface area (Å²) >= 11 is 5.94. The molecule has 3 aromatic rings. The van der Waals surface area contributed by atoms with Crippen LogP contribution in [0.1, 0.15) is 21.5 Å². The Morgan fingerprint density at radius 3 is 2.69 bits per heavy atom. The normalized spacial score (nSPS) is 11.4. The minimum Gasteiger partial charge on any atom is -0.348 e. The largest absolute Gasteiger partial charge is 0.416 e. The number of amides is 1. The SMILES string of the molecule is O=C(NCc1cccc(C(F)(F)F)c1)c1cc(Cl)ccc1-n1cnnn1. The summed E-state index contributed by atoms with van der Waals surface area (Å²) in [5.41, 5.74) is 0.123. The summed E-state index contributed by atoms with van der Waals surface area (Å²) in [4.78, 5) is 12.5. The fourth-order valence-corrected chi connectivity index (χ4v) is 2.47. The Morgan fingerprint density at radius 2 is 2.00 bits per heavy atom. The number of aromatic nitrogens is 4. The smallest absolute Gasteiger partial charge is 0.348 e. The van der Waals surface area contributed by atoms with Gasteiger partial charge in [-0.2, -0.15) is 17.9 Å². The van der Waals surface area contributed by atoms with Gasteiger partial charge in [0.15, 0.2) is 0 Å². The van der Waals surface area contributed by atoms with Crippen molar-refractivity contribution in [1.29, 1.82) is 0 Å². The van der Waals surface area contributed by atoms with Gasteiger partial charge in [0, 0.05) is 11.6 Å². The highest BCUT2D eigenvalue weighted by atomic mass is 35.5. The van der Waals surface area contributed by atoms with E-state index in [0.29, 0.717) is 16.3 Å². The van der Waals surface area contributed by atoms with Crippen molar-refractivity contribution in [3.63, 3.8) is 0 Å². The number of benzene rings is 2. The Bertz CT molecular complexity index is 928. The lowest BCUT2D eigenvalue weighted by Gasteiger charge is -2.11. The van der Waals surface area contributed by atoms with Crippen LogP contribution in [0.25, 0.3) is 5.69 Å². The molecule has 1 heterocycles. The average molecular weight is 382 g/mol. The second-order valence-corrected chi connectivity index (χ2v) is 5.73. The molecule has 134 valence electrons. The van der Waals surface area contributed by atoms with Crippen molar-refractivity contribution in [1.82, 2.24) is 25.5 Å². The monoisotopic (exact) mass is 381 g/mol. The van der Waals surface area contributed by atoms with Crippen molar-refractivity contribution >= 4 is 17.5 Å². The molecule has 26 heavy (non-hydrogen) atoms. The van der Waals surface area contributed by atoms with Crippen molar-refractivity contribution in [2.75, 3.05) is 0 Å². The molecule has 0 bridgehead atoms. The third-order valence-electron chi connectivity index (χ3n) is 3.51. The fraction of sp³-hybridized carbons (Fsp3) is 0.125. The number of hydrogen-bond donors (Lipinski definition) is 1. The van der Waals surface area contributed by atoms with Crippen LogP contribution < -0.4 is 5.32 Å². The molecule has 0 aliphatic heterocycles. The molecule has 1 aromatic heterocycles. The molecular formula is C16H11ClF3N5O. The van der Waals surface area contributed by atoms with E-state index in [1.54, 1.807) is 12.1 Å². The summed E-state index contributed by atoms with van der Waals surface area (Å²) in [6.45, 7) is -0.0791. The number of carbonyl (C=O) groups excluding carboxylic acids is 1. The van der Waals surface area contributed by atoms with Crippen molar-refractivity contribution in [2.45, 2.75) is 12.7 Å². The molecule has 0 atom stereocenters. The van der Waals surface area contributed by atoms with Crippen LogP contribution in [-0.2, 0) is 12.7 Å². The number of tetrazole rings is 1. The lowest BCUT2D eigenvalue weighted by Crippen LogP contribution is -2.24. The number of nitrogens with one attached hydrogen (secondary N) is 1. The first-order chi connectivity index (χ1) is 12.3. The Hall–Kier alpha value is -2.94. The van der Waals surface area contributed by atoms with Crippen molar-refractivity contribution in [3.8, 4) is 5.69 Å². The van der Waals surface area contributed by atoms with Crippen molar-refractivity contribution < 1.29 is 18.0 Å². The highest BCUT2D eigenvalue weighted by Crippen LogP contribution is 2.29. The molecule has 1 N–H and O–H groups in total. The fourth-order valence-electron chi connectivity index (χ4n) is 2.30. The second kappa shape index (κ2) is 7.12. The first kappa shape index (κ1) is 17.9. The maximum absolute atomic E-state index is 12.8. The molecule has 1 amide bonds. The van der Waals surface area contributed by atoms with Gasteiger partial charge in [-0.05, 0) is 46.3 Å². The molecule has 0 unspecified atom stereocenters. The van der Waals surface area contributed by atoms with Gasteiger partial charge in [-0.15, -0.1) is 5.10 Å². The van der Waals surface area contributed by atoms with Gasteiger partial charge in [0.2, 0.25) is 0 Å². The van der Waals surface area contributed by atoms with Gasteiger partial charge < -0.3 is 5.32 Å². The average Bonchev–Trinajstić information content (AvgIpc) is 3.13. The van der Waals surface area contributed by atoms with Crippen molar-refractivity contribution in [3.05, 3.63) is 70.5 Å². The Balaban J connectivity index is 1.80. The highest BCUT2D eigenvalue weighted by molar-refractivity contribution is 6.31. The van der Waals surface area contributed by atoms with Crippen LogP contribution >= 0.6 is 11.6 Å². The van der Waals surface area contributed by atoms with Crippen LogP contribution in [0.15, 0.2) is 48.8 Å². The van der Waals surface area contributed by atoms with Gasteiger partial charge in [-0.3, -0.25) is 4.79 Å². The van der Waals surface area contributed by atoms with Crippen LogP contribution in [0.3, 0.4) is 0 Å². The number of hydrogen-bond acceptors (Lipinski definition) is 4. The van der Waals surface area contributed by atoms with Gasteiger partial charge in [0.05, 0.1) is 16.8 Å². The van der Waals surface area contributed by atoms with E-state index in [-0.39, 0.29) is 12.1 Å². The van der Waals surface area contributed by atoms with Crippen LogP contribution in [0.5, 0.6) is 0 Å². The Labute approximate surface area is 150 Å². The van der Waals surface area contributed by atoms with Gasteiger partial charge in [0.25, 0.3) is 5.91 Å². The molecular weight excluding hydrogens is 371 g/mol. The molecule has 10 heteroatoms. The number of halogens is 4. The minimum atomic E-state index is -4.44. The van der Waals surface area contributed by atoms with Crippen LogP contribution in [0.2, 0.25) is 5.02 Å². The zero-order valence-electron chi connectivity index (χ0n) is 13.0. The summed E-state index contributed by atoms with van der Waals surface area (Å²) in [5.74, 6) is -0.518.